The van der Waals surface area contributed by atoms with Crippen molar-refractivity contribution in [3.8, 4) is 0 Å². The highest BCUT2D eigenvalue weighted by Gasteiger charge is 2.29. The Morgan fingerprint density at radius 2 is 2.00 bits per heavy atom. The summed E-state index contributed by atoms with van der Waals surface area (Å²) in [5.41, 5.74) is 0.445. The molecule has 2 fully saturated rings. The number of imide groups is 1. The molecule has 3 amide bonds. The lowest BCUT2D eigenvalue weighted by atomic mass is 9.97. The Morgan fingerprint density at radius 3 is 2.61 bits per heavy atom. The lowest BCUT2D eigenvalue weighted by Crippen LogP contribution is -2.52. The molecule has 8 nitrogen and oxygen atoms in total. The van der Waals surface area contributed by atoms with Crippen molar-refractivity contribution in [2.75, 3.05) is 18.0 Å². The zero-order chi connectivity index (χ0) is 20.3. The zero-order valence-electron chi connectivity index (χ0n) is 15.2. The summed E-state index contributed by atoms with van der Waals surface area (Å²) in [6.45, 7) is 0.538. The SMILES string of the molecule is O=CC1CCN(c2cc(CO)c(C(=O)NC3CCC(=O)NC3=O)cc2F)CC1. The highest BCUT2D eigenvalue weighted by molar-refractivity contribution is 6.04. The van der Waals surface area contributed by atoms with Gasteiger partial charge in [-0.3, -0.25) is 19.7 Å². The minimum Gasteiger partial charge on any atom is -0.392 e. The maximum Gasteiger partial charge on any atom is 0.252 e. The van der Waals surface area contributed by atoms with Gasteiger partial charge < -0.3 is 20.1 Å². The van der Waals surface area contributed by atoms with Gasteiger partial charge in [-0.1, -0.05) is 0 Å². The first-order valence-corrected chi connectivity index (χ1v) is 9.21. The van der Waals surface area contributed by atoms with Crippen molar-refractivity contribution < 1.29 is 28.7 Å². The van der Waals surface area contributed by atoms with Crippen LogP contribution in [0.15, 0.2) is 12.1 Å². The fourth-order valence-corrected chi connectivity index (χ4v) is 3.53. The summed E-state index contributed by atoms with van der Waals surface area (Å²) in [6, 6.07) is 1.59. The van der Waals surface area contributed by atoms with Crippen LogP contribution in [0, 0.1) is 11.7 Å². The van der Waals surface area contributed by atoms with E-state index >= 15 is 0 Å². The number of rotatable bonds is 5. The minimum atomic E-state index is -0.887. The quantitative estimate of drug-likeness (QED) is 0.490. The van der Waals surface area contributed by atoms with E-state index < -0.39 is 36.2 Å². The molecule has 3 rings (SSSR count). The van der Waals surface area contributed by atoms with Gasteiger partial charge in [-0.15, -0.1) is 0 Å². The number of piperidine rings is 2. The lowest BCUT2D eigenvalue weighted by molar-refractivity contribution is -0.134. The van der Waals surface area contributed by atoms with Crippen LogP contribution in [0.5, 0.6) is 0 Å². The molecule has 2 heterocycles. The number of amides is 3. The standard InChI is InChI=1S/C19H22FN3O5/c20-14-8-13(18(27)21-15-1-2-17(26)22-19(15)28)12(10-25)7-16(14)23-5-3-11(9-24)4-6-23/h7-9,11,15,25H,1-6,10H2,(H,21,27)(H,22,26,28). The molecule has 0 saturated carbocycles. The fourth-order valence-electron chi connectivity index (χ4n) is 3.53. The number of benzene rings is 1. The minimum absolute atomic E-state index is 0.0322. The number of nitrogens with zero attached hydrogens (tertiary/aromatic N) is 1. The Bertz CT molecular complexity index is 805. The van der Waals surface area contributed by atoms with E-state index in [-0.39, 0.29) is 35.6 Å². The molecule has 3 N–H and O–H groups in total. The van der Waals surface area contributed by atoms with Crippen LogP contribution in [-0.2, 0) is 21.0 Å². The summed E-state index contributed by atoms with van der Waals surface area (Å²) < 4.78 is 14.7. The Balaban J connectivity index is 1.77. The van der Waals surface area contributed by atoms with Crippen molar-refractivity contribution >= 4 is 29.7 Å². The van der Waals surface area contributed by atoms with Crippen LogP contribution in [0.1, 0.15) is 41.6 Å². The summed E-state index contributed by atoms with van der Waals surface area (Å²) in [6.07, 6.45) is 2.42. The molecule has 2 aliphatic heterocycles. The number of carbonyl (C=O) groups is 4. The van der Waals surface area contributed by atoms with E-state index in [0.29, 0.717) is 25.9 Å². The lowest BCUT2D eigenvalue weighted by Gasteiger charge is -2.32. The number of aliphatic hydroxyl groups is 1. The molecular formula is C19H22FN3O5. The summed E-state index contributed by atoms with van der Waals surface area (Å²) in [7, 11) is 0. The summed E-state index contributed by atoms with van der Waals surface area (Å²) in [5, 5.41) is 14.3. The van der Waals surface area contributed by atoms with Crippen molar-refractivity contribution in [3.05, 3.63) is 29.1 Å². The van der Waals surface area contributed by atoms with Gasteiger partial charge in [0.25, 0.3) is 5.91 Å². The Labute approximate surface area is 161 Å². The van der Waals surface area contributed by atoms with Crippen LogP contribution < -0.4 is 15.5 Å². The number of anilines is 1. The predicted molar refractivity (Wildman–Crippen MR) is 97.0 cm³/mol. The number of hydrogen-bond donors (Lipinski definition) is 3. The molecule has 2 aliphatic rings. The van der Waals surface area contributed by atoms with Gasteiger partial charge in [-0.05, 0) is 37.0 Å². The third-order valence-corrected chi connectivity index (χ3v) is 5.20. The van der Waals surface area contributed by atoms with Crippen LogP contribution in [-0.4, -0.2) is 48.2 Å². The summed E-state index contributed by atoms with van der Waals surface area (Å²) >= 11 is 0. The number of hydrogen-bond acceptors (Lipinski definition) is 6. The van der Waals surface area contributed by atoms with Crippen molar-refractivity contribution in [1.82, 2.24) is 10.6 Å². The third kappa shape index (κ3) is 4.19. The topological polar surface area (TPSA) is 116 Å². The first-order chi connectivity index (χ1) is 13.4. The third-order valence-electron chi connectivity index (χ3n) is 5.20. The van der Waals surface area contributed by atoms with E-state index in [1.807, 2.05) is 0 Å². The van der Waals surface area contributed by atoms with Gasteiger partial charge in [-0.2, -0.15) is 0 Å². The van der Waals surface area contributed by atoms with Crippen LogP contribution >= 0.6 is 0 Å². The molecule has 0 aromatic heterocycles. The molecule has 0 spiro atoms. The highest BCUT2D eigenvalue weighted by atomic mass is 19.1. The normalized spacial score (nSPS) is 20.6. The molecule has 1 aromatic rings. The second-order valence-corrected chi connectivity index (χ2v) is 7.06. The van der Waals surface area contributed by atoms with Gasteiger partial charge in [0.1, 0.15) is 18.1 Å². The van der Waals surface area contributed by atoms with E-state index in [2.05, 4.69) is 10.6 Å². The van der Waals surface area contributed by atoms with E-state index in [1.165, 1.54) is 6.07 Å². The molecular weight excluding hydrogens is 369 g/mol. The maximum atomic E-state index is 14.7. The Morgan fingerprint density at radius 1 is 1.29 bits per heavy atom. The number of nitrogens with one attached hydrogen (secondary N) is 2. The van der Waals surface area contributed by atoms with Gasteiger partial charge in [0, 0.05) is 31.0 Å². The van der Waals surface area contributed by atoms with Crippen LogP contribution in [0.2, 0.25) is 0 Å². The van der Waals surface area contributed by atoms with Crippen molar-refractivity contribution in [2.45, 2.75) is 38.3 Å². The molecule has 0 bridgehead atoms. The van der Waals surface area contributed by atoms with E-state index in [0.717, 1.165) is 12.4 Å². The number of aldehydes is 1. The van der Waals surface area contributed by atoms with Crippen LogP contribution in [0.3, 0.4) is 0 Å². The van der Waals surface area contributed by atoms with Crippen molar-refractivity contribution in [1.29, 1.82) is 0 Å². The van der Waals surface area contributed by atoms with E-state index in [4.69, 9.17) is 0 Å². The van der Waals surface area contributed by atoms with Gasteiger partial charge in [0.15, 0.2) is 0 Å². The first kappa shape index (κ1) is 19.9. The summed E-state index contributed by atoms with van der Waals surface area (Å²) in [4.78, 5) is 48.2. The zero-order valence-corrected chi connectivity index (χ0v) is 15.2. The fraction of sp³-hybridized carbons (Fsp3) is 0.474. The molecule has 2 saturated heterocycles. The second-order valence-electron chi connectivity index (χ2n) is 7.06. The van der Waals surface area contributed by atoms with Crippen LogP contribution in [0.4, 0.5) is 10.1 Å². The number of halogens is 1. The Hall–Kier alpha value is -2.81. The maximum absolute atomic E-state index is 14.7. The molecule has 0 aliphatic carbocycles. The smallest absolute Gasteiger partial charge is 0.252 e. The summed E-state index contributed by atoms with van der Waals surface area (Å²) in [5.74, 6) is -2.35. The molecule has 1 atom stereocenters. The molecule has 1 aromatic carbocycles. The van der Waals surface area contributed by atoms with Gasteiger partial charge >= 0.3 is 0 Å². The van der Waals surface area contributed by atoms with Gasteiger partial charge in [-0.25, -0.2) is 4.39 Å². The highest BCUT2D eigenvalue weighted by Crippen LogP contribution is 2.28. The predicted octanol–water partition coefficient (Wildman–Crippen LogP) is 0.268. The van der Waals surface area contributed by atoms with Gasteiger partial charge in [0.05, 0.1) is 12.3 Å². The second kappa shape index (κ2) is 8.47. The molecule has 0 radical (unpaired) electrons. The number of carbonyl (C=O) groups excluding carboxylic acids is 4. The van der Waals surface area contributed by atoms with E-state index in [1.54, 1.807) is 4.90 Å². The molecule has 1 unspecified atom stereocenters. The van der Waals surface area contributed by atoms with Crippen molar-refractivity contribution in [3.63, 3.8) is 0 Å². The van der Waals surface area contributed by atoms with Gasteiger partial charge in [0.2, 0.25) is 11.8 Å². The largest absolute Gasteiger partial charge is 0.392 e. The monoisotopic (exact) mass is 391 g/mol. The average Bonchev–Trinajstić information content (AvgIpc) is 2.70. The molecule has 150 valence electrons. The van der Waals surface area contributed by atoms with Crippen molar-refractivity contribution in [2.24, 2.45) is 5.92 Å². The first-order valence-electron chi connectivity index (χ1n) is 9.21. The molecule has 9 heteroatoms. The average molecular weight is 391 g/mol. The van der Waals surface area contributed by atoms with Crippen LogP contribution in [0.25, 0.3) is 0 Å². The Kier molecular flexibility index (Phi) is 6.03. The van der Waals surface area contributed by atoms with E-state index in [9.17, 15) is 28.7 Å². The number of aliphatic hydroxyl groups excluding tert-OH is 1. The molecule has 28 heavy (non-hydrogen) atoms.